The van der Waals surface area contributed by atoms with Gasteiger partial charge in [-0.2, -0.15) is 0 Å². The summed E-state index contributed by atoms with van der Waals surface area (Å²) >= 11 is 7.04. The lowest BCUT2D eigenvalue weighted by molar-refractivity contribution is -0.384. The molecule has 7 heteroatoms. The average Bonchev–Trinajstić information content (AvgIpc) is 2.91. The Morgan fingerprint density at radius 2 is 2.10 bits per heavy atom. The molecule has 1 aromatic heterocycles. The summed E-state index contributed by atoms with van der Waals surface area (Å²) in [7, 11) is 1.67. The van der Waals surface area contributed by atoms with Crippen LogP contribution in [-0.4, -0.2) is 22.8 Å². The molecule has 0 spiro atoms. The lowest BCUT2D eigenvalue weighted by Gasteiger charge is -2.24. The third-order valence-electron chi connectivity index (χ3n) is 3.25. The summed E-state index contributed by atoms with van der Waals surface area (Å²) in [5, 5.41) is 10.8. The summed E-state index contributed by atoms with van der Waals surface area (Å²) in [5.41, 5.74) is 0.724. The minimum absolute atomic E-state index is 0.0133. The Labute approximate surface area is 130 Å². The van der Waals surface area contributed by atoms with Crippen molar-refractivity contribution in [2.75, 3.05) is 7.05 Å². The summed E-state index contributed by atoms with van der Waals surface area (Å²) in [4.78, 5) is 24.8. The number of non-ortho nitro benzene ring substituents is 1. The van der Waals surface area contributed by atoms with Crippen molar-refractivity contribution in [1.29, 1.82) is 0 Å². The van der Waals surface area contributed by atoms with Crippen LogP contribution in [-0.2, 0) is 0 Å². The zero-order valence-electron chi connectivity index (χ0n) is 11.4. The molecular formula is C14H13ClN2O3S. The number of nitro groups is 1. The lowest BCUT2D eigenvalue weighted by Crippen LogP contribution is -2.29. The van der Waals surface area contributed by atoms with Gasteiger partial charge in [0.15, 0.2) is 0 Å². The maximum atomic E-state index is 12.3. The topological polar surface area (TPSA) is 63.5 Å². The SMILES string of the molecule is C[C@@H](c1cccc([N+](=O)[O-])c1)N(C)C(=O)c1ccc(Cl)s1. The van der Waals surface area contributed by atoms with Gasteiger partial charge in [0.1, 0.15) is 0 Å². The van der Waals surface area contributed by atoms with E-state index in [2.05, 4.69) is 0 Å². The van der Waals surface area contributed by atoms with E-state index in [-0.39, 0.29) is 17.6 Å². The van der Waals surface area contributed by atoms with E-state index in [9.17, 15) is 14.9 Å². The highest BCUT2D eigenvalue weighted by atomic mass is 35.5. The lowest BCUT2D eigenvalue weighted by atomic mass is 10.1. The molecule has 1 amide bonds. The minimum Gasteiger partial charge on any atom is -0.334 e. The van der Waals surface area contributed by atoms with Crippen LogP contribution in [0.15, 0.2) is 36.4 Å². The van der Waals surface area contributed by atoms with Gasteiger partial charge in [0.2, 0.25) is 0 Å². The van der Waals surface area contributed by atoms with E-state index >= 15 is 0 Å². The standard InChI is InChI=1S/C14H13ClN2O3S/c1-9(10-4-3-5-11(8-10)17(19)20)16(2)14(18)12-6-7-13(15)21-12/h3-9H,1-2H3/t9-/m0/s1. The first kappa shape index (κ1) is 15.5. The fraction of sp³-hybridized carbons (Fsp3) is 0.214. The molecule has 110 valence electrons. The molecule has 1 heterocycles. The van der Waals surface area contributed by atoms with Gasteiger partial charge in [-0.05, 0) is 24.6 Å². The molecule has 0 saturated heterocycles. The maximum Gasteiger partial charge on any atom is 0.269 e. The molecule has 21 heavy (non-hydrogen) atoms. The number of nitro benzene ring substituents is 1. The largest absolute Gasteiger partial charge is 0.334 e. The van der Waals surface area contributed by atoms with Crippen molar-refractivity contribution in [2.24, 2.45) is 0 Å². The molecular weight excluding hydrogens is 312 g/mol. The summed E-state index contributed by atoms with van der Waals surface area (Å²) in [5.74, 6) is -0.161. The molecule has 0 saturated carbocycles. The monoisotopic (exact) mass is 324 g/mol. The van der Waals surface area contributed by atoms with Crippen molar-refractivity contribution in [3.05, 3.63) is 61.3 Å². The normalized spacial score (nSPS) is 12.0. The molecule has 0 N–H and O–H groups in total. The molecule has 0 aliphatic rings. The summed E-state index contributed by atoms with van der Waals surface area (Å²) in [6.45, 7) is 1.83. The van der Waals surface area contributed by atoms with Crippen LogP contribution in [0.4, 0.5) is 5.69 Å². The molecule has 0 bridgehead atoms. The van der Waals surface area contributed by atoms with Crippen LogP contribution in [0.1, 0.15) is 28.2 Å². The molecule has 0 fully saturated rings. The second-order valence-electron chi connectivity index (χ2n) is 4.55. The van der Waals surface area contributed by atoms with E-state index in [1.807, 2.05) is 6.92 Å². The molecule has 0 aliphatic carbocycles. The van der Waals surface area contributed by atoms with Crippen LogP contribution >= 0.6 is 22.9 Å². The molecule has 0 radical (unpaired) electrons. The number of benzene rings is 1. The Balaban J connectivity index is 2.22. The number of carbonyl (C=O) groups excluding carboxylic acids is 1. The van der Waals surface area contributed by atoms with E-state index in [1.54, 1.807) is 36.2 Å². The molecule has 0 unspecified atom stereocenters. The summed E-state index contributed by atoms with van der Waals surface area (Å²) < 4.78 is 0.551. The number of hydrogen-bond acceptors (Lipinski definition) is 4. The van der Waals surface area contributed by atoms with Crippen LogP contribution < -0.4 is 0 Å². The minimum atomic E-state index is -0.447. The van der Waals surface area contributed by atoms with Crippen LogP contribution in [0.3, 0.4) is 0 Å². The van der Waals surface area contributed by atoms with Gasteiger partial charge in [-0.25, -0.2) is 0 Å². The van der Waals surface area contributed by atoms with E-state index < -0.39 is 4.92 Å². The Bertz CT molecular complexity index is 686. The number of amides is 1. The second-order valence-corrected chi connectivity index (χ2v) is 6.26. The van der Waals surface area contributed by atoms with Gasteiger partial charge in [-0.15, -0.1) is 11.3 Å². The van der Waals surface area contributed by atoms with Gasteiger partial charge < -0.3 is 4.90 Å². The molecule has 0 aliphatic heterocycles. The van der Waals surface area contributed by atoms with E-state index in [1.165, 1.54) is 23.5 Å². The molecule has 5 nitrogen and oxygen atoms in total. The van der Waals surface area contributed by atoms with Crippen molar-refractivity contribution in [3.8, 4) is 0 Å². The van der Waals surface area contributed by atoms with Crippen LogP contribution in [0.2, 0.25) is 4.34 Å². The Morgan fingerprint density at radius 3 is 2.67 bits per heavy atom. The van der Waals surface area contributed by atoms with E-state index in [0.717, 1.165) is 0 Å². The van der Waals surface area contributed by atoms with Gasteiger partial charge in [-0.1, -0.05) is 23.7 Å². The van der Waals surface area contributed by atoms with Gasteiger partial charge in [0, 0.05) is 19.2 Å². The van der Waals surface area contributed by atoms with Gasteiger partial charge in [-0.3, -0.25) is 14.9 Å². The predicted molar refractivity (Wildman–Crippen MR) is 82.9 cm³/mol. The van der Waals surface area contributed by atoms with Crippen molar-refractivity contribution in [1.82, 2.24) is 4.90 Å². The van der Waals surface area contributed by atoms with E-state index in [0.29, 0.717) is 14.8 Å². The first-order valence-corrected chi connectivity index (χ1v) is 7.36. The fourth-order valence-electron chi connectivity index (χ4n) is 1.90. The number of halogens is 1. The Morgan fingerprint density at radius 1 is 1.38 bits per heavy atom. The number of hydrogen-bond donors (Lipinski definition) is 0. The Hall–Kier alpha value is -1.92. The van der Waals surface area contributed by atoms with Crippen LogP contribution in [0.5, 0.6) is 0 Å². The number of thiophene rings is 1. The average molecular weight is 325 g/mol. The maximum absolute atomic E-state index is 12.3. The zero-order chi connectivity index (χ0) is 15.6. The first-order chi connectivity index (χ1) is 9.90. The number of rotatable bonds is 4. The third kappa shape index (κ3) is 3.40. The fourth-order valence-corrected chi connectivity index (χ4v) is 2.93. The van der Waals surface area contributed by atoms with Gasteiger partial charge in [0.05, 0.1) is 20.2 Å². The Kier molecular flexibility index (Phi) is 4.59. The van der Waals surface area contributed by atoms with Crippen molar-refractivity contribution < 1.29 is 9.72 Å². The third-order valence-corrected chi connectivity index (χ3v) is 4.47. The zero-order valence-corrected chi connectivity index (χ0v) is 13.0. The molecule has 2 aromatic rings. The quantitative estimate of drug-likeness (QED) is 0.627. The smallest absolute Gasteiger partial charge is 0.269 e. The van der Waals surface area contributed by atoms with Crippen LogP contribution in [0, 0.1) is 10.1 Å². The highest BCUT2D eigenvalue weighted by molar-refractivity contribution is 7.17. The van der Waals surface area contributed by atoms with Gasteiger partial charge in [0.25, 0.3) is 11.6 Å². The predicted octanol–water partition coefficient (Wildman–Crippen LogP) is 4.14. The van der Waals surface area contributed by atoms with E-state index in [4.69, 9.17) is 11.6 Å². The highest BCUT2D eigenvalue weighted by Gasteiger charge is 2.21. The van der Waals surface area contributed by atoms with Crippen LogP contribution in [0.25, 0.3) is 0 Å². The molecule has 1 atom stereocenters. The van der Waals surface area contributed by atoms with Gasteiger partial charge >= 0.3 is 0 Å². The number of carbonyl (C=O) groups is 1. The second kappa shape index (κ2) is 6.24. The van der Waals surface area contributed by atoms with Crippen molar-refractivity contribution in [3.63, 3.8) is 0 Å². The highest BCUT2D eigenvalue weighted by Crippen LogP contribution is 2.27. The number of nitrogens with zero attached hydrogens (tertiary/aromatic N) is 2. The van der Waals surface area contributed by atoms with Crippen molar-refractivity contribution >= 4 is 34.5 Å². The first-order valence-electron chi connectivity index (χ1n) is 6.17. The molecule has 2 rings (SSSR count). The summed E-state index contributed by atoms with van der Waals surface area (Å²) in [6.07, 6.45) is 0. The van der Waals surface area contributed by atoms with Crippen molar-refractivity contribution in [2.45, 2.75) is 13.0 Å². The summed E-state index contributed by atoms with van der Waals surface area (Å²) in [6, 6.07) is 9.36. The molecule has 1 aromatic carbocycles.